The topological polar surface area (TPSA) is 24.5 Å². The number of likely N-dealkylation sites (tertiary alicyclic amines) is 1. The molecule has 0 spiro atoms. The van der Waals surface area contributed by atoms with Crippen LogP contribution in [0.4, 0.5) is 5.69 Å². The van der Waals surface area contributed by atoms with E-state index in [4.69, 9.17) is 4.74 Å². The Bertz CT molecular complexity index is 1020. The molecule has 1 heterocycles. The minimum atomic E-state index is 0.376. The molecule has 0 amide bonds. The van der Waals surface area contributed by atoms with Gasteiger partial charge in [-0.25, -0.2) is 0 Å². The highest BCUT2D eigenvalue weighted by Crippen LogP contribution is 2.65. The Morgan fingerprint density at radius 3 is 2.34 bits per heavy atom. The molecule has 1 N–H and O–H groups in total. The molecule has 2 fully saturated rings. The van der Waals surface area contributed by atoms with E-state index >= 15 is 0 Å². The molecular formula is C28H32N2OS. The largest absolute Gasteiger partial charge is 0.492 e. The van der Waals surface area contributed by atoms with Crippen LogP contribution in [0.2, 0.25) is 0 Å². The maximum atomic E-state index is 6.06. The lowest BCUT2D eigenvalue weighted by molar-refractivity contribution is 0.209. The lowest BCUT2D eigenvalue weighted by Gasteiger charge is -2.26. The molecule has 0 radical (unpaired) electrons. The number of hydrogen-bond acceptors (Lipinski definition) is 4. The van der Waals surface area contributed by atoms with Gasteiger partial charge in [0, 0.05) is 37.0 Å². The van der Waals surface area contributed by atoms with E-state index in [9.17, 15) is 0 Å². The number of nitrogens with one attached hydrogen (secondary N) is 1. The smallest absolute Gasteiger partial charge is 0.119 e. The predicted octanol–water partition coefficient (Wildman–Crippen LogP) is 6.33. The first kappa shape index (κ1) is 21.4. The van der Waals surface area contributed by atoms with Gasteiger partial charge in [-0.15, -0.1) is 0 Å². The zero-order chi connectivity index (χ0) is 22.0. The van der Waals surface area contributed by atoms with E-state index in [1.807, 2.05) is 6.07 Å². The van der Waals surface area contributed by atoms with Gasteiger partial charge in [-0.3, -0.25) is 4.90 Å². The van der Waals surface area contributed by atoms with Crippen molar-refractivity contribution in [2.45, 2.75) is 18.8 Å². The van der Waals surface area contributed by atoms with Crippen LogP contribution in [0.15, 0.2) is 78.9 Å². The van der Waals surface area contributed by atoms with E-state index in [1.165, 1.54) is 41.9 Å². The normalized spacial score (nSPS) is 24.2. The summed E-state index contributed by atoms with van der Waals surface area (Å²) in [6, 6.07) is 28.0. The first-order valence-corrected chi connectivity index (χ1v) is 12.9. The molecule has 3 aromatic rings. The minimum Gasteiger partial charge on any atom is -0.492 e. The van der Waals surface area contributed by atoms with Gasteiger partial charge in [-0.1, -0.05) is 73.5 Å². The molecule has 2 unspecified atom stereocenters. The van der Waals surface area contributed by atoms with E-state index in [1.54, 1.807) is 11.9 Å². The van der Waals surface area contributed by atoms with Crippen molar-refractivity contribution in [2.24, 2.45) is 11.8 Å². The highest BCUT2D eigenvalue weighted by molar-refractivity contribution is 7.99. The van der Waals surface area contributed by atoms with Crippen LogP contribution in [-0.4, -0.2) is 37.4 Å². The molecule has 1 aliphatic heterocycles. The highest BCUT2D eigenvalue weighted by atomic mass is 32.2. The lowest BCUT2D eigenvalue weighted by atomic mass is 9.87. The summed E-state index contributed by atoms with van der Waals surface area (Å²) < 4.78 is 9.45. The third kappa shape index (κ3) is 4.02. The molecule has 2 atom stereocenters. The van der Waals surface area contributed by atoms with Crippen molar-refractivity contribution in [3.05, 3.63) is 84.4 Å². The molecular weight excluding hydrogens is 412 g/mol. The van der Waals surface area contributed by atoms with Crippen LogP contribution in [0, 0.1) is 11.8 Å². The van der Waals surface area contributed by atoms with Crippen molar-refractivity contribution >= 4 is 17.6 Å². The third-order valence-electron chi connectivity index (χ3n) is 7.45. The van der Waals surface area contributed by atoms with Crippen LogP contribution < -0.4 is 9.46 Å². The number of piperidine rings is 1. The summed E-state index contributed by atoms with van der Waals surface area (Å²) in [5.74, 6) is 2.51. The number of nitrogens with zero attached hydrogens (tertiary/aromatic N) is 1. The second-order valence-electron chi connectivity index (χ2n) is 8.99. The maximum absolute atomic E-state index is 6.06. The maximum Gasteiger partial charge on any atom is 0.119 e. The molecule has 1 aliphatic carbocycles. The fourth-order valence-electron chi connectivity index (χ4n) is 5.81. The molecule has 0 aromatic heterocycles. The van der Waals surface area contributed by atoms with Crippen LogP contribution in [0.3, 0.4) is 0 Å². The van der Waals surface area contributed by atoms with Gasteiger partial charge in [0.25, 0.3) is 0 Å². The van der Waals surface area contributed by atoms with Crippen molar-refractivity contribution in [3.63, 3.8) is 0 Å². The highest BCUT2D eigenvalue weighted by Gasteiger charge is 2.67. The molecule has 4 heteroatoms. The zero-order valence-corrected chi connectivity index (χ0v) is 19.8. The summed E-state index contributed by atoms with van der Waals surface area (Å²) in [6.45, 7) is 6.49. The van der Waals surface area contributed by atoms with Gasteiger partial charge in [0.2, 0.25) is 0 Å². The Hall–Kier alpha value is -2.43. The number of fused-ring (bicyclic) bond motifs is 1. The van der Waals surface area contributed by atoms with E-state index < -0.39 is 0 Å². The molecule has 166 valence electrons. The molecule has 0 bridgehead atoms. The quantitative estimate of drug-likeness (QED) is 0.390. The van der Waals surface area contributed by atoms with E-state index in [2.05, 4.69) is 95.6 Å². The Morgan fingerprint density at radius 2 is 1.66 bits per heavy atom. The lowest BCUT2D eigenvalue weighted by Crippen LogP contribution is -2.33. The van der Waals surface area contributed by atoms with E-state index in [-0.39, 0.29) is 0 Å². The monoisotopic (exact) mass is 444 g/mol. The second-order valence-corrected chi connectivity index (χ2v) is 9.60. The molecule has 3 nitrogen and oxygen atoms in total. The Morgan fingerprint density at radius 1 is 0.938 bits per heavy atom. The van der Waals surface area contributed by atoms with Crippen LogP contribution >= 0.6 is 11.9 Å². The molecule has 2 aliphatic rings. The number of rotatable bonds is 9. The predicted molar refractivity (Wildman–Crippen MR) is 136 cm³/mol. The van der Waals surface area contributed by atoms with Crippen LogP contribution in [-0.2, 0) is 5.41 Å². The summed E-state index contributed by atoms with van der Waals surface area (Å²) in [4.78, 5) is 2.59. The summed E-state index contributed by atoms with van der Waals surface area (Å²) in [6.07, 6.45) is 3.30. The van der Waals surface area contributed by atoms with Crippen molar-refractivity contribution < 1.29 is 4.74 Å². The number of benzene rings is 3. The number of hydrogen-bond donors (Lipinski definition) is 1. The first-order chi connectivity index (χ1) is 15.7. The number of anilines is 1. The standard InChI is InChI=1S/C28H32N2OS/c1-3-28(23-10-7-11-24(18-23)29-32-2)26-19-30(20-27(26)28)16-17-31-25-14-12-22(13-15-25)21-8-5-4-6-9-21/h4-15,18,26-27,29H,3,16-17,19-20H2,1-2H3. The summed E-state index contributed by atoms with van der Waals surface area (Å²) in [5, 5.41) is 0. The Balaban J connectivity index is 1.13. The third-order valence-corrected chi connectivity index (χ3v) is 7.89. The molecule has 1 saturated carbocycles. The van der Waals surface area contributed by atoms with Crippen LogP contribution in [0.5, 0.6) is 5.75 Å². The van der Waals surface area contributed by atoms with Gasteiger partial charge in [0.1, 0.15) is 12.4 Å². The van der Waals surface area contributed by atoms with Crippen LogP contribution in [0.25, 0.3) is 11.1 Å². The van der Waals surface area contributed by atoms with Crippen molar-refractivity contribution in [2.75, 3.05) is 37.2 Å². The summed E-state index contributed by atoms with van der Waals surface area (Å²) in [5.41, 5.74) is 5.58. The first-order valence-electron chi connectivity index (χ1n) is 11.6. The van der Waals surface area contributed by atoms with Crippen molar-refractivity contribution in [1.82, 2.24) is 4.90 Å². The Labute approximate surface area is 196 Å². The molecule has 32 heavy (non-hydrogen) atoms. The van der Waals surface area contributed by atoms with Crippen molar-refractivity contribution in [1.29, 1.82) is 0 Å². The zero-order valence-electron chi connectivity index (χ0n) is 19.0. The number of ether oxygens (including phenoxy) is 1. The second kappa shape index (κ2) is 9.21. The molecule has 1 saturated heterocycles. The molecule has 5 rings (SSSR count). The van der Waals surface area contributed by atoms with Gasteiger partial charge in [-0.05, 0) is 59.2 Å². The van der Waals surface area contributed by atoms with Gasteiger partial charge in [0.15, 0.2) is 0 Å². The SMILES string of the molecule is CCC1(c2cccc(NSC)c2)C2CN(CCOc3ccc(-c4ccccc4)cc3)CC21. The van der Waals surface area contributed by atoms with Gasteiger partial charge < -0.3 is 9.46 Å². The Kier molecular flexibility index (Phi) is 6.16. The fraction of sp³-hybridized carbons (Fsp3) is 0.357. The fourth-order valence-corrected chi connectivity index (χ4v) is 6.17. The molecule has 3 aromatic carbocycles. The summed E-state index contributed by atoms with van der Waals surface area (Å²) >= 11 is 1.66. The minimum absolute atomic E-state index is 0.376. The van der Waals surface area contributed by atoms with E-state index in [0.29, 0.717) is 5.41 Å². The average Bonchev–Trinajstić information content (AvgIpc) is 3.22. The van der Waals surface area contributed by atoms with E-state index in [0.717, 1.165) is 30.7 Å². The summed E-state index contributed by atoms with van der Waals surface area (Å²) in [7, 11) is 0. The average molecular weight is 445 g/mol. The van der Waals surface area contributed by atoms with Crippen molar-refractivity contribution in [3.8, 4) is 16.9 Å². The van der Waals surface area contributed by atoms with Gasteiger partial charge >= 0.3 is 0 Å². The van der Waals surface area contributed by atoms with Crippen LogP contribution in [0.1, 0.15) is 18.9 Å². The van der Waals surface area contributed by atoms with Gasteiger partial charge in [-0.2, -0.15) is 0 Å². The van der Waals surface area contributed by atoms with Gasteiger partial charge in [0.05, 0.1) is 0 Å².